The zero-order valence-electron chi connectivity index (χ0n) is 15.2. The van der Waals surface area contributed by atoms with Crippen LogP contribution < -0.4 is 5.30 Å². The van der Waals surface area contributed by atoms with Crippen molar-refractivity contribution in [2.45, 2.75) is 54.0 Å². The predicted octanol–water partition coefficient (Wildman–Crippen LogP) is 6.27. The lowest BCUT2D eigenvalue weighted by Crippen LogP contribution is -2.51. The molecule has 0 aliphatic rings. The first-order valence-electron chi connectivity index (χ1n) is 8.26. The first-order valence-corrected chi connectivity index (χ1v) is 17.3. The van der Waals surface area contributed by atoms with E-state index in [1.807, 2.05) is 11.8 Å². The van der Waals surface area contributed by atoms with E-state index in [0.717, 1.165) is 13.5 Å². The molecule has 0 saturated heterocycles. The van der Waals surface area contributed by atoms with Crippen molar-refractivity contribution >= 4 is 41.8 Å². The minimum atomic E-state index is -1.16. The molecule has 1 unspecified atom stereocenters. The fourth-order valence-electron chi connectivity index (χ4n) is 3.18. The molecule has 0 N–H and O–H groups in total. The zero-order chi connectivity index (χ0) is 17.1. The van der Waals surface area contributed by atoms with Gasteiger partial charge in [-0.2, -0.15) is 0 Å². The Balaban J connectivity index is 2.29. The summed E-state index contributed by atoms with van der Waals surface area (Å²) in [5.74, 6) is 0. The Morgan fingerprint density at radius 3 is 1.83 bits per heavy atom. The van der Waals surface area contributed by atoms with E-state index < -0.39 is 16.1 Å². The third kappa shape index (κ3) is 5.60. The Labute approximate surface area is 150 Å². The van der Waals surface area contributed by atoms with Crippen molar-refractivity contribution in [3.8, 4) is 0 Å². The fourth-order valence-corrected chi connectivity index (χ4v) is 19.9. The van der Waals surface area contributed by atoms with Crippen LogP contribution >= 0.6 is 20.3 Å². The van der Waals surface area contributed by atoms with Crippen LogP contribution in [0.15, 0.2) is 64.4 Å². The van der Waals surface area contributed by atoms with Crippen LogP contribution in [0.1, 0.15) is 0 Å². The topological polar surface area (TPSA) is 0 Å². The van der Waals surface area contributed by atoms with E-state index >= 15 is 0 Å². The highest BCUT2D eigenvalue weighted by Crippen LogP contribution is 2.38. The molecule has 0 saturated carbocycles. The van der Waals surface area contributed by atoms with Gasteiger partial charge in [-0.3, -0.25) is 0 Å². The molecular formula is C19H29PSSi2. The summed E-state index contributed by atoms with van der Waals surface area (Å²) in [4.78, 5) is 3.72. The maximum absolute atomic E-state index is 2.55. The molecule has 2 rings (SSSR count). The number of benzene rings is 2. The van der Waals surface area contributed by atoms with Crippen LogP contribution in [0.25, 0.3) is 0 Å². The summed E-state index contributed by atoms with van der Waals surface area (Å²) in [7, 11) is -1.36. The summed E-state index contributed by atoms with van der Waals surface area (Å²) >= 11 is 1.92. The van der Waals surface area contributed by atoms with Crippen molar-refractivity contribution in [2.24, 2.45) is 0 Å². The minimum absolute atomic E-state index is 0.938. The molecule has 0 amide bonds. The van der Waals surface area contributed by atoms with Gasteiger partial charge in [-0.1, -0.05) is 96.0 Å². The maximum Gasteiger partial charge on any atom is 0.0492 e. The second-order valence-corrected chi connectivity index (χ2v) is 23.1. The summed E-state index contributed by atoms with van der Waals surface area (Å²) in [5, 5.41) is 1.57. The van der Waals surface area contributed by atoms with Gasteiger partial charge in [-0.25, -0.2) is 0 Å². The normalized spacial score (nSPS) is 13.2. The molecule has 0 spiro atoms. The van der Waals surface area contributed by atoms with E-state index in [4.69, 9.17) is 0 Å². The third-order valence-corrected chi connectivity index (χ3v) is 20.9. The number of hydrogen-bond donors (Lipinski definition) is 0. The molecule has 2 aromatic rings. The number of hydrogen-bond acceptors (Lipinski definition) is 1. The van der Waals surface area contributed by atoms with Gasteiger partial charge >= 0.3 is 0 Å². The summed E-state index contributed by atoms with van der Waals surface area (Å²) in [6.07, 6.45) is 0. The molecule has 0 nitrogen and oxygen atoms in total. The van der Waals surface area contributed by atoms with Crippen LogP contribution in [0.3, 0.4) is 0 Å². The molecule has 2 aromatic carbocycles. The Hall–Kier alpha value is -0.346. The molecule has 0 bridgehead atoms. The monoisotopic (exact) mass is 376 g/mol. The molecule has 0 radical (unpaired) electrons. The lowest BCUT2D eigenvalue weighted by Gasteiger charge is -2.38. The minimum Gasteiger partial charge on any atom is -0.0914 e. The van der Waals surface area contributed by atoms with Crippen LogP contribution in [-0.4, -0.2) is 21.1 Å². The molecule has 0 aliphatic carbocycles. The van der Waals surface area contributed by atoms with Crippen molar-refractivity contribution in [3.05, 3.63) is 54.6 Å². The summed E-state index contributed by atoms with van der Waals surface area (Å²) < 4.78 is 0. The van der Waals surface area contributed by atoms with Crippen molar-refractivity contribution in [2.75, 3.05) is 0 Å². The lowest BCUT2D eigenvalue weighted by atomic mass is 10.4. The molecule has 0 aliphatic heterocycles. The largest absolute Gasteiger partial charge is 0.0914 e. The van der Waals surface area contributed by atoms with Crippen LogP contribution in [0.5, 0.6) is 0 Å². The molecule has 0 heterocycles. The third-order valence-electron chi connectivity index (χ3n) is 3.89. The highest BCUT2D eigenvalue weighted by atomic mass is 32.2. The summed E-state index contributed by atoms with van der Waals surface area (Å²) in [5.41, 5.74) is 0. The van der Waals surface area contributed by atoms with Gasteiger partial charge < -0.3 is 0 Å². The van der Waals surface area contributed by atoms with E-state index in [1.54, 1.807) is 5.30 Å². The van der Waals surface area contributed by atoms with Gasteiger partial charge in [0.15, 0.2) is 0 Å². The van der Waals surface area contributed by atoms with Gasteiger partial charge in [0.05, 0.1) is 0 Å². The van der Waals surface area contributed by atoms with Crippen molar-refractivity contribution in [1.82, 2.24) is 0 Å². The highest BCUT2D eigenvalue weighted by molar-refractivity contribution is 7.99. The Bertz CT molecular complexity index is 616. The Morgan fingerprint density at radius 1 is 0.739 bits per heavy atom. The average Bonchev–Trinajstić information content (AvgIpc) is 2.45. The quantitative estimate of drug-likeness (QED) is 0.423. The highest BCUT2D eigenvalue weighted by Gasteiger charge is 2.37. The van der Waals surface area contributed by atoms with Crippen molar-refractivity contribution in [3.63, 3.8) is 0 Å². The van der Waals surface area contributed by atoms with Gasteiger partial charge in [-0.05, 0) is 28.4 Å². The predicted molar refractivity (Wildman–Crippen MR) is 115 cm³/mol. The van der Waals surface area contributed by atoms with E-state index in [9.17, 15) is 0 Å². The van der Waals surface area contributed by atoms with Crippen LogP contribution in [-0.2, 0) is 0 Å². The maximum atomic E-state index is 2.55. The van der Waals surface area contributed by atoms with Crippen LogP contribution in [0.2, 0.25) is 39.3 Å². The first kappa shape index (κ1) is 19.0. The smallest absolute Gasteiger partial charge is 0.0492 e. The molecule has 1 atom stereocenters. The van der Waals surface area contributed by atoms with Gasteiger partial charge in [0.2, 0.25) is 0 Å². The SMILES string of the molecule is C[Si](C)(C)C(Pc1ccccc1Sc1ccccc1)[Si](C)(C)C. The molecule has 0 aromatic heterocycles. The van der Waals surface area contributed by atoms with E-state index in [2.05, 4.69) is 93.9 Å². The van der Waals surface area contributed by atoms with Gasteiger partial charge in [0.25, 0.3) is 0 Å². The van der Waals surface area contributed by atoms with Gasteiger partial charge in [0, 0.05) is 25.9 Å². The van der Waals surface area contributed by atoms with Crippen molar-refractivity contribution < 1.29 is 0 Å². The van der Waals surface area contributed by atoms with E-state index in [1.165, 1.54) is 9.79 Å². The first-order chi connectivity index (χ1) is 10.7. The Morgan fingerprint density at radius 2 is 1.26 bits per heavy atom. The van der Waals surface area contributed by atoms with Gasteiger partial charge in [-0.15, -0.1) is 0 Å². The average molecular weight is 377 g/mol. The van der Waals surface area contributed by atoms with E-state index in [-0.39, 0.29) is 0 Å². The second kappa shape index (κ2) is 7.69. The molecule has 4 heteroatoms. The second-order valence-electron chi connectivity index (χ2n) is 8.22. The fraction of sp³-hybridized carbons (Fsp3) is 0.368. The molecular weight excluding hydrogens is 347 g/mol. The lowest BCUT2D eigenvalue weighted by molar-refractivity contribution is 1.42. The summed E-state index contributed by atoms with van der Waals surface area (Å²) in [6.45, 7) is 15.3. The number of rotatable bonds is 6. The molecule has 124 valence electrons. The van der Waals surface area contributed by atoms with E-state index in [0.29, 0.717) is 0 Å². The van der Waals surface area contributed by atoms with Crippen molar-refractivity contribution in [1.29, 1.82) is 0 Å². The Kier molecular flexibility index (Phi) is 6.35. The standard InChI is InChI=1S/C19H29PSSi2/c1-22(2,3)19(23(4,5)6)20-17-14-10-11-15-18(17)21-16-12-8-7-9-13-16/h7-15,19-20H,1-6H3. The molecule has 0 fully saturated rings. The van der Waals surface area contributed by atoms with Crippen LogP contribution in [0.4, 0.5) is 0 Å². The summed E-state index contributed by atoms with van der Waals surface area (Å²) in [6, 6.07) is 19.8. The van der Waals surface area contributed by atoms with Crippen LogP contribution in [0, 0.1) is 0 Å². The zero-order valence-corrected chi connectivity index (χ0v) is 19.0. The van der Waals surface area contributed by atoms with Gasteiger partial charge in [0.1, 0.15) is 0 Å². The molecule has 23 heavy (non-hydrogen) atoms.